The third kappa shape index (κ3) is 2.87. The van der Waals surface area contributed by atoms with E-state index in [1.165, 1.54) is 13.1 Å². The maximum Gasteiger partial charge on any atom is 0.436 e. The molecule has 1 heterocycles. The first-order valence-electron chi connectivity index (χ1n) is 4.47. The smallest absolute Gasteiger partial charge is 0.347 e. The van der Waals surface area contributed by atoms with Crippen LogP contribution in [-0.4, -0.2) is 22.2 Å². The molecular weight excluding hydrogens is 303 g/mol. The maximum absolute atomic E-state index is 12.5. The van der Waals surface area contributed by atoms with Crippen molar-refractivity contribution in [3.8, 4) is 0 Å². The van der Waals surface area contributed by atoms with Gasteiger partial charge >= 0.3 is 6.18 Å². The lowest BCUT2D eigenvalue weighted by Gasteiger charge is -2.03. The number of nitrogens with one attached hydrogen (secondary N) is 1. The Morgan fingerprint density at radius 1 is 1.65 bits per heavy atom. The second-order valence-electron chi connectivity index (χ2n) is 3.13. The predicted molar refractivity (Wildman–Crippen MR) is 58.4 cm³/mol. The van der Waals surface area contributed by atoms with Gasteiger partial charge in [0.05, 0.1) is 4.47 Å². The number of hydrogen-bond donors (Lipinski definition) is 1. The minimum Gasteiger partial charge on any atom is -0.347 e. The molecule has 0 saturated carbocycles. The van der Waals surface area contributed by atoms with Gasteiger partial charge in [0.25, 0.3) is 5.91 Å². The van der Waals surface area contributed by atoms with Crippen molar-refractivity contribution in [2.45, 2.75) is 6.18 Å². The lowest BCUT2D eigenvalue weighted by atomic mass is 10.3. The quantitative estimate of drug-likeness (QED) is 0.869. The highest BCUT2D eigenvalue weighted by molar-refractivity contribution is 9.10. The number of hydrogen-bond acceptors (Lipinski definition) is 2. The Morgan fingerprint density at radius 2 is 2.24 bits per heavy atom. The summed E-state index contributed by atoms with van der Waals surface area (Å²) in [6.45, 7) is 3.55. The van der Waals surface area contributed by atoms with Crippen LogP contribution in [0.15, 0.2) is 17.1 Å². The lowest BCUT2D eigenvalue weighted by molar-refractivity contribution is -0.142. The van der Waals surface area contributed by atoms with Crippen LogP contribution in [0.3, 0.4) is 0 Å². The van der Waals surface area contributed by atoms with Crippen molar-refractivity contribution in [1.29, 1.82) is 0 Å². The minimum atomic E-state index is -4.60. The summed E-state index contributed by atoms with van der Waals surface area (Å²) in [5.74, 6) is -0.651. The summed E-state index contributed by atoms with van der Waals surface area (Å²) in [4.78, 5) is 11.6. The molecule has 0 saturated heterocycles. The Morgan fingerprint density at radius 3 is 2.65 bits per heavy atom. The minimum absolute atomic E-state index is 0.164. The third-order valence-corrected chi connectivity index (χ3v) is 2.63. The maximum atomic E-state index is 12.5. The number of amides is 1. The molecule has 0 atom stereocenters. The van der Waals surface area contributed by atoms with E-state index in [-0.39, 0.29) is 16.7 Å². The number of aromatic nitrogens is 2. The molecule has 1 aromatic rings. The van der Waals surface area contributed by atoms with E-state index in [2.05, 4.69) is 32.9 Å². The highest BCUT2D eigenvalue weighted by Gasteiger charge is 2.39. The van der Waals surface area contributed by atoms with Gasteiger partial charge in [0.15, 0.2) is 5.69 Å². The van der Waals surface area contributed by atoms with E-state index >= 15 is 0 Å². The van der Waals surface area contributed by atoms with Gasteiger partial charge in [-0.05, 0) is 15.9 Å². The van der Waals surface area contributed by atoms with Crippen molar-refractivity contribution in [2.75, 3.05) is 6.54 Å². The molecule has 17 heavy (non-hydrogen) atoms. The van der Waals surface area contributed by atoms with Crippen LogP contribution in [0, 0.1) is 0 Å². The van der Waals surface area contributed by atoms with Crippen molar-refractivity contribution in [3.05, 3.63) is 28.5 Å². The number of rotatable bonds is 3. The molecule has 4 nitrogen and oxygen atoms in total. The number of halogens is 4. The second-order valence-corrected chi connectivity index (χ2v) is 3.92. The predicted octanol–water partition coefficient (Wildman–Crippen LogP) is 2.12. The molecule has 1 aromatic heterocycles. The van der Waals surface area contributed by atoms with Crippen molar-refractivity contribution >= 4 is 21.8 Å². The van der Waals surface area contributed by atoms with E-state index in [4.69, 9.17) is 0 Å². The lowest BCUT2D eigenvalue weighted by Crippen LogP contribution is -2.25. The largest absolute Gasteiger partial charge is 0.436 e. The standard InChI is InChI=1S/C9H9BrF3N3O/c1-3-4-14-8(17)6-5(10)7(9(11,12)13)15-16(6)2/h3H,1,4H2,2H3,(H,14,17). The van der Waals surface area contributed by atoms with Gasteiger partial charge in [0.1, 0.15) is 5.69 Å². The molecule has 0 spiro atoms. The van der Waals surface area contributed by atoms with E-state index in [9.17, 15) is 18.0 Å². The summed E-state index contributed by atoms with van der Waals surface area (Å²) in [6, 6.07) is 0. The molecule has 8 heteroatoms. The SMILES string of the molecule is C=CCNC(=O)c1c(Br)c(C(F)(F)F)nn1C. The van der Waals surface area contributed by atoms with Crippen LogP contribution in [0.25, 0.3) is 0 Å². The molecule has 0 bridgehead atoms. The molecular formula is C9H9BrF3N3O. The molecule has 1 N–H and O–H groups in total. The van der Waals surface area contributed by atoms with Gasteiger partial charge in [0.2, 0.25) is 0 Å². The fourth-order valence-corrected chi connectivity index (χ4v) is 1.92. The van der Waals surface area contributed by atoms with Crippen molar-refractivity contribution in [3.63, 3.8) is 0 Å². The molecule has 0 aliphatic rings. The van der Waals surface area contributed by atoms with Crippen LogP contribution >= 0.6 is 15.9 Å². The van der Waals surface area contributed by atoms with Gasteiger partial charge in [-0.15, -0.1) is 6.58 Å². The van der Waals surface area contributed by atoms with E-state index in [1.807, 2.05) is 0 Å². The molecule has 94 valence electrons. The molecule has 0 aromatic carbocycles. The fourth-order valence-electron chi connectivity index (χ4n) is 1.17. The number of carbonyl (C=O) groups is 1. The Kier molecular flexibility index (Phi) is 3.97. The molecule has 0 unspecified atom stereocenters. The van der Waals surface area contributed by atoms with E-state index in [0.717, 1.165) is 4.68 Å². The molecule has 0 radical (unpaired) electrons. The summed E-state index contributed by atoms with van der Waals surface area (Å²) >= 11 is 2.74. The van der Waals surface area contributed by atoms with Crippen LogP contribution < -0.4 is 5.32 Å². The Labute approximate surface area is 104 Å². The second kappa shape index (κ2) is 4.91. The van der Waals surface area contributed by atoms with Gasteiger partial charge in [-0.3, -0.25) is 9.48 Å². The summed E-state index contributed by atoms with van der Waals surface area (Å²) in [7, 11) is 1.27. The number of carbonyl (C=O) groups excluding carboxylic acids is 1. The van der Waals surface area contributed by atoms with Crippen LogP contribution in [0.2, 0.25) is 0 Å². The Hall–Kier alpha value is -1.31. The third-order valence-electron chi connectivity index (χ3n) is 1.88. The summed E-state index contributed by atoms with van der Waals surface area (Å²) in [5, 5.41) is 5.65. The van der Waals surface area contributed by atoms with E-state index in [1.54, 1.807) is 0 Å². The highest BCUT2D eigenvalue weighted by atomic mass is 79.9. The first-order valence-corrected chi connectivity index (χ1v) is 5.27. The van der Waals surface area contributed by atoms with Gasteiger partial charge < -0.3 is 5.32 Å². The van der Waals surface area contributed by atoms with Crippen molar-refractivity contribution < 1.29 is 18.0 Å². The summed E-state index contributed by atoms with van der Waals surface area (Å²) < 4.78 is 38.0. The summed E-state index contributed by atoms with van der Waals surface area (Å²) in [6.07, 6.45) is -3.18. The van der Waals surface area contributed by atoms with Crippen molar-refractivity contribution in [2.24, 2.45) is 7.05 Å². The fraction of sp³-hybridized carbons (Fsp3) is 0.333. The normalized spacial score (nSPS) is 11.4. The van der Waals surface area contributed by atoms with E-state index in [0.29, 0.717) is 0 Å². The first kappa shape index (κ1) is 13.8. The van der Waals surface area contributed by atoms with Gasteiger partial charge in [-0.1, -0.05) is 6.08 Å². The van der Waals surface area contributed by atoms with Crippen LogP contribution in [0.4, 0.5) is 13.2 Å². The molecule has 1 amide bonds. The number of aryl methyl sites for hydroxylation is 1. The van der Waals surface area contributed by atoms with E-state index < -0.39 is 17.8 Å². The Balaban J connectivity index is 3.14. The molecule has 1 rings (SSSR count). The monoisotopic (exact) mass is 311 g/mol. The molecule has 0 aliphatic heterocycles. The van der Waals surface area contributed by atoms with Crippen LogP contribution in [0.5, 0.6) is 0 Å². The average Bonchev–Trinajstić information content (AvgIpc) is 2.50. The molecule has 0 aliphatic carbocycles. The average molecular weight is 312 g/mol. The zero-order valence-electron chi connectivity index (χ0n) is 8.81. The van der Waals surface area contributed by atoms with Crippen LogP contribution in [-0.2, 0) is 13.2 Å². The topological polar surface area (TPSA) is 46.9 Å². The van der Waals surface area contributed by atoms with Gasteiger partial charge in [-0.2, -0.15) is 18.3 Å². The van der Waals surface area contributed by atoms with Gasteiger partial charge in [0, 0.05) is 13.6 Å². The number of nitrogens with zero attached hydrogens (tertiary/aromatic N) is 2. The Bertz CT molecular complexity index is 453. The zero-order valence-corrected chi connectivity index (χ0v) is 10.4. The van der Waals surface area contributed by atoms with Crippen molar-refractivity contribution in [1.82, 2.24) is 15.1 Å². The van der Waals surface area contributed by atoms with Crippen LogP contribution in [0.1, 0.15) is 16.2 Å². The molecule has 0 fully saturated rings. The summed E-state index contributed by atoms with van der Waals surface area (Å²) in [5.41, 5.74) is -1.30. The highest BCUT2D eigenvalue weighted by Crippen LogP contribution is 2.35. The number of alkyl halides is 3. The first-order chi connectivity index (χ1) is 7.79. The van der Waals surface area contributed by atoms with Gasteiger partial charge in [-0.25, -0.2) is 0 Å². The zero-order chi connectivity index (χ0) is 13.2.